The van der Waals surface area contributed by atoms with Crippen LogP contribution in [0.2, 0.25) is 0 Å². The molecule has 0 saturated carbocycles. The molecule has 6 nitrogen and oxygen atoms in total. The highest BCUT2D eigenvalue weighted by atomic mass is 127. The maximum absolute atomic E-state index is 13.6. The predicted octanol–water partition coefficient (Wildman–Crippen LogP) is 3.58. The van der Waals surface area contributed by atoms with Crippen LogP contribution in [0.25, 0.3) is 0 Å². The van der Waals surface area contributed by atoms with Crippen LogP contribution in [0, 0.1) is 12.7 Å². The molecule has 8 heteroatoms. The number of ether oxygens (including phenoxy) is 1. The molecule has 0 radical (unpaired) electrons. The van der Waals surface area contributed by atoms with Crippen molar-refractivity contribution in [3.05, 3.63) is 58.9 Å². The number of anilines is 1. The van der Waals surface area contributed by atoms with Crippen LogP contribution < -0.4 is 20.7 Å². The number of carbonyl (C=O) groups is 1. The van der Waals surface area contributed by atoms with E-state index in [1.165, 1.54) is 13.0 Å². The van der Waals surface area contributed by atoms with Crippen molar-refractivity contribution >= 4 is 41.5 Å². The van der Waals surface area contributed by atoms with Crippen molar-refractivity contribution in [1.29, 1.82) is 0 Å². The summed E-state index contributed by atoms with van der Waals surface area (Å²) >= 11 is 0. The number of amides is 1. The zero-order chi connectivity index (χ0) is 19.8. The summed E-state index contributed by atoms with van der Waals surface area (Å²) in [6.07, 6.45) is 0. The lowest BCUT2D eigenvalue weighted by molar-refractivity contribution is -0.114. The third kappa shape index (κ3) is 6.99. The molecular formula is C20H26FIN4O2. The first-order valence-electron chi connectivity index (χ1n) is 8.57. The summed E-state index contributed by atoms with van der Waals surface area (Å²) in [4.78, 5) is 15.5. The maximum Gasteiger partial charge on any atom is 0.221 e. The smallest absolute Gasteiger partial charge is 0.221 e. The van der Waals surface area contributed by atoms with Gasteiger partial charge in [-0.2, -0.15) is 0 Å². The minimum Gasteiger partial charge on any atom is -0.495 e. The molecule has 0 aliphatic heterocycles. The van der Waals surface area contributed by atoms with Crippen LogP contribution in [-0.2, 0) is 17.9 Å². The van der Waals surface area contributed by atoms with Crippen molar-refractivity contribution in [2.75, 3.05) is 19.5 Å². The van der Waals surface area contributed by atoms with Gasteiger partial charge in [0.1, 0.15) is 11.6 Å². The van der Waals surface area contributed by atoms with Crippen molar-refractivity contribution in [3.63, 3.8) is 0 Å². The molecule has 2 rings (SSSR count). The van der Waals surface area contributed by atoms with E-state index in [1.54, 1.807) is 33.2 Å². The number of benzene rings is 2. The number of guanidine groups is 1. The van der Waals surface area contributed by atoms with Gasteiger partial charge in [0.05, 0.1) is 12.8 Å². The van der Waals surface area contributed by atoms with Crippen LogP contribution in [-0.4, -0.2) is 26.0 Å². The zero-order valence-corrected chi connectivity index (χ0v) is 18.8. The number of nitrogens with zero attached hydrogens (tertiary/aromatic N) is 1. The van der Waals surface area contributed by atoms with Gasteiger partial charge in [-0.15, -0.1) is 24.0 Å². The lowest BCUT2D eigenvalue weighted by Gasteiger charge is -2.14. The normalized spacial score (nSPS) is 10.7. The number of nitrogens with one attached hydrogen (secondary N) is 3. The Morgan fingerprint density at radius 3 is 2.25 bits per heavy atom. The average molecular weight is 500 g/mol. The number of methoxy groups -OCH3 is 1. The second kappa shape index (κ2) is 11.5. The molecule has 0 spiro atoms. The van der Waals surface area contributed by atoms with Crippen LogP contribution in [0.5, 0.6) is 5.75 Å². The molecule has 28 heavy (non-hydrogen) atoms. The van der Waals surface area contributed by atoms with Crippen molar-refractivity contribution in [2.24, 2.45) is 4.99 Å². The van der Waals surface area contributed by atoms with Gasteiger partial charge in [-0.25, -0.2) is 4.39 Å². The standard InChI is InChI=1S/C20H25FN4O2.HI/c1-13-5-6-15(9-17(13)21)11-23-20(22-3)24-12-16-7-8-19(27-4)18(10-16)25-14(2)26;/h5-10H,11-12H2,1-4H3,(H,25,26)(H2,22,23,24);1H. The average Bonchev–Trinajstić information content (AvgIpc) is 2.64. The number of carbonyl (C=O) groups excluding carboxylic acids is 1. The van der Waals surface area contributed by atoms with E-state index < -0.39 is 0 Å². The van der Waals surface area contributed by atoms with Gasteiger partial charge < -0.3 is 20.7 Å². The van der Waals surface area contributed by atoms with Crippen molar-refractivity contribution in [2.45, 2.75) is 26.9 Å². The van der Waals surface area contributed by atoms with Gasteiger partial charge in [0.15, 0.2) is 5.96 Å². The van der Waals surface area contributed by atoms with E-state index in [0.717, 1.165) is 11.1 Å². The van der Waals surface area contributed by atoms with Crippen molar-refractivity contribution < 1.29 is 13.9 Å². The Labute approximate surface area is 182 Å². The molecule has 0 saturated heterocycles. The minimum absolute atomic E-state index is 0. The molecule has 0 unspecified atom stereocenters. The molecule has 2 aromatic carbocycles. The fourth-order valence-electron chi connectivity index (χ4n) is 2.49. The number of hydrogen-bond acceptors (Lipinski definition) is 3. The molecule has 0 atom stereocenters. The first kappa shape index (κ1) is 23.7. The number of aliphatic imine (C=N–C) groups is 1. The Hall–Kier alpha value is -2.36. The highest BCUT2D eigenvalue weighted by Crippen LogP contribution is 2.25. The molecule has 0 aliphatic rings. The van der Waals surface area contributed by atoms with Crippen molar-refractivity contribution in [1.82, 2.24) is 10.6 Å². The van der Waals surface area contributed by atoms with Crippen LogP contribution in [0.1, 0.15) is 23.6 Å². The summed E-state index contributed by atoms with van der Waals surface area (Å²) in [6.45, 7) is 4.14. The summed E-state index contributed by atoms with van der Waals surface area (Å²) in [5.41, 5.74) is 3.01. The second-order valence-electron chi connectivity index (χ2n) is 6.08. The minimum atomic E-state index is -0.221. The third-order valence-electron chi connectivity index (χ3n) is 3.95. The molecule has 0 bridgehead atoms. The Balaban J connectivity index is 0.00000392. The van der Waals surface area contributed by atoms with Crippen LogP contribution >= 0.6 is 24.0 Å². The number of aryl methyl sites for hydroxylation is 1. The number of hydrogen-bond donors (Lipinski definition) is 3. The summed E-state index contributed by atoms with van der Waals surface area (Å²) in [7, 11) is 3.22. The van der Waals surface area contributed by atoms with Crippen LogP contribution in [0.3, 0.4) is 0 Å². The third-order valence-corrected chi connectivity index (χ3v) is 3.95. The Kier molecular flexibility index (Phi) is 9.70. The highest BCUT2D eigenvalue weighted by molar-refractivity contribution is 14.0. The summed E-state index contributed by atoms with van der Waals surface area (Å²) < 4.78 is 18.9. The summed E-state index contributed by atoms with van der Waals surface area (Å²) in [5.74, 6) is 0.799. The van der Waals surface area contributed by atoms with Crippen LogP contribution in [0.15, 0.2) is 41.4 Å². The van der Waals surface area contributed by atoms with Gasteiger partial charge in [-0.3, -0.25) is 9.79 Å². The predicted molar refractivity (Wildman–Crippen MR) is 121 cm³/mol. The Morgan fingerprint density at radius 1 is 1.11 bits per heavy atom. The molecule has 0 fully saturated rings. The van der Waals surface area contributed by atoms with Crippen LogP contribution in [0.4, 0.5) is 10.1 Å². The molecule has 0 aromatic heterocycles. The monoisotopic (exact) mass is 500 g/mol. The first-order valence-corrected chi connectivity index (χ1v) is 8.57. The zero-order valence-electron chi connectivity index (χ0n) is 16.4. The quantitative estimate of drug-likeness (QED) is 0.322. The molecule has 0 aliphatic carbocycles. The fraction of sp³-hybridized carbons (Fsp3) is 0.300. The fourth-order valence-corrected chi connectivity index (χ4v) is 2.49. The van der Waals surface area contributed by atoms with E-state index in [0.29, 0.717) is 36.0 Å². The van der Waals surface area contributed by atoms with Crippen molar-refractivity contribution in [3.8, 4) is 5.75 Å². The largest absolute Gasteiger partial charge is 0.495 e. The number of halogens is 2. The SMILES string of the molecule is CN=C(NCc1ccc(C)c(F)c1)NCc1ccc(OC)c(NC(C)=O)c1.I. The lowest BCUT2D eigenvalue weighted by Crippen LogP contribution is -2.36. The van der Waals surface area contributed by atoms with Gasteiger partial charge in [-0.05, 0) is 41.8 Å². The van der Waals surface area contributed by atoms with E-state index in [1.807, 2.05) is 18.2 Å². The summed E-state index contributed by atoms with van der Waals surface area (Å²) in [6, 6.07) is 10.7. The van der Waals surface area contributed by atoms with E-state index >= 15 is 0 Å². The lowest BCUT2D eigenvalue weighted by atomic mass is 10.1. The molecule has 0 heterocycles. The molecular weight excluding hydrogens is 474 g/mol. The molecule has 3 N–H and O–H groups in total. The van der Waals surface area contributed by atoms with Gasteiger partial charge >= 0.3 is 0 Å². The van der Waals surface area contributed by atoms with Gasteiger partial charge in [0.2, 0.25) is 5.91 Å². The Morgan fingerprint density at radius 2 is 1.71 bits per heavy atom. The van der Waals surface area contributed by atoms with E-state index in [9.17, 15) is 9.18 Å². The van der Waals surface area contributed by atoms with E-state index in [2.05, 4.69) is 20.9 Å². The second-order valence-corrected chi connectivity index (χ2v) is 6.08. The molecule has 1 amide bonds. The topological polar surface area (TPSA) is 74.8 Å². The van der Waals surface area contributed by atoms with Gasteiger partial charge in [0.25, 0.3) is 0 Å². The Bertz CT molecular complexity index is 843. The first-order chi connectivity index (χ1) is 12.9. The van der Waals surface area contributed by atoms with Gasteiger partial charge in [0, 0.05) is 27.1 Å². The molecule has 152 valence electrons. The summed E-state index contributed by atoms with van der Waals surface area (Å²) in [5, 5.41) is 9.09. The van der Waals surface area contributed by atoms with E-state index in [4.69, 9.17) is 4.74 Å². The van der Waals surface area contributed by atoms with Gasteiger partial charge in [-0.1, -0.05) is 18.2 Å². The molecule has 2 aromatic rings. The highest BCUT2D eigenvalue weighted by Gasteiger charge is 2.07. The number of rotatable bonds is 6. The maximum atomic E-state index is 13.6. The van der Waals surface area contributed by atoms with E-state index in [-0.39, 0.29) is 35.7 Å².